The van der Waals surface area contributed by atoms with Gasteiger partial charge in [-0.25, -0.2) is 14.2 Å². The molecule has 238 valence electrons. The summed E-state index contributed by atoms with van der Waals surface area (Å²) >= 11 is 7.88. The van der Waals surface area contributed by atoms with Crippen molar-refractivity contribution in [3.8, 4) is 16.9 Å². The van der Waals surface area contributed by atoms with E-state index in [0.717, 1.165) is 29.5 Å². The fraction of sp³-hybridized carbons (Fsp3) is 0.382. The lowest BCUT2D eigenvalue weighted by molar-refractivity contribution is 0.0535. The minimum Gasteiger partial charge on any atom is -0.496 e. The summed E-state index contributed by atoms with van der Waals surface area (Å²) in [6, 6.07) is 14.0. The van der Waals surface area contributed by atoms with Gasteiger partial charge < -0.3 is 25.4 Å². The maximum absolute atomic E-state index is 14.8. The molecule has 1 aliphatic carbocycles. The average molecular weight is 653 g/mol. The van der Waals surface area contributed by atoms with Crippen molar-refractivity contribution in [2.24, 2.45) is 5.92 Å². The van der Waals surface area contributed by atoms with Crippen molar-refractivity contribution < 1.29 is 23.8 Å². The third-order valence-corrected chi connectivity index (χ3v) is 10.2. The van der Waals surface area contributed by atoms with Crippen LogP contribution in [0, 0.1) is 11.7 Å². The molecular weight excluding hydrogens is 615 g/mol. The summed E-state index contributed by atoms with van der Waals surface area (Å²) in [5.74, 6) is 0.488. The maximum Gasteiger partial charge on any atom is 0.407 e. The summed E-state index contributed by atoms with van der Waals surface area (Å²) in [6.45, 7) is 6.36. The van der Waals surface area contributed by atoms with E-state index >= 15 is 0 Å². The summed E-state index contributed by atoms with van der Waals surface area (Å²) in [5, 5.41) is 10.2. The predicted octanol–water partition coefficient (Wildman–Crippen LogP) is 8.33. The van der Waals surface area contributed by atoms with E-state index in [4.69, 9.17) is 22.1 Å². The van der Waals surface area contributed by atoms with Crippen LogP contribution in [0.1, 0.15) is 61.7 Å². The van der Waals surface area contributed by atoms with E-state index < -0.39 is 17.4 Å². The molecule has 0 radical (unpaired) electrons. The van der Waals surface area contributed by atoms with Gasteiger partial charge in [0.05, 0.1) is 12.1 Å². The summed E-state index contributed by atoms with van der Waals surface area (Å²) in [4.78, 5) is 34.2. The van der Waals surface area contributed by atoms with Crippen molar-refractivity contribution in [2.75, 3.05) is 19.4 Å². The fourth-order valence-corrected chi connectivity index (χ4v) is 7.59. The number of nitrogens with zero attached hydrogens (tertiary/aromatic N) is 3. The first-order valence-electron chi connectivity index (χ1n) is 14.9. The zero-order valence-corrected chi connectivity index (χ0v) is 27.4. The second-order valence-corrected chi connectivity index (χ2v) is 14.0. The number of anilines is 1. The van der Waals surface area contributed by atoms with Crippen LogP contribution >= 0.6 is 22.9 Å². The Morgan fingerprint density at radius 3 is 2.42 bits per heavy atom. The Morgan fingerprint density at radius 1 is 1.11 bits per heavy atom. The standard InChI is InChI=1S/C34H38ClFN4O4S/c1-34(2,3)40(33(42)43)18-20-8-12-24(13-9-20)39(32(41)31-30(35)29-25(36)6-5-7-27(29)45-31)19-23-16-21(10-14-26(23)44-4)22-11-15-28(37)38-17-22/h5-7,10-11,14-17,20,24H,8-9,12-13,18-19H2,1-4H3,(H2,37,38)(H,42,43). The van der Waals surface area contributed by atoms with Gasteiger partial charge in [0.25, 0.3) is 5.91 Å². The molecular formula is C34H38ClFN4O4S. The topological polar surface area (TPSA) is 109 Å². The molecule has 2 amide bonds. The molecule has 11 heteroatoms. The van der Waals surface area contributed by atoms with Crippen molar-refractivity contribution in [2.45, 2.75) is 64.6 Å². The first-order chi connectivity index (χ1) is 21.4. The van der Waals surface area contributed by atoms with Crippen LogP contribution in [0.4, 0.5) is 15.0 Å². The number of methoxy groups -OCH3 is 1. The number of amides is 2. The van der Waals surface area contributed by atoms with Crippen LogP contribution < -0.4 is 10.5 Å². The average Bonchev–Trinajstić information content (AvgIpc) is 3.35. The Labute approximate surface area is 271 Å². The highest BCUT2D eigenvalue weighted by molar-refractivity contribution is 7.21. The Morgan fingerprint density at radius 2 is 1.82 bits per heavy atom. The van der Waals surface area contributed by atoms with E-state index in [1.54, 1.807) is 31.5 Å². The number of thiophene rings is 1. The van der Waals surface area contributed by atoms with Crippen molar-refractivity contribution in [3.05, 3.63) is 76.0 Å². The highest BCUT2D eigenvalue weighted by atomic mass is 35.5. The zero-order chi connectivity index (χ0) is 32.5. The molecule has 45 heavy (non-hydrogen) atoms. The summed E-state index contributed by atoms with van der Waals surface area (Å²) < 4.78 is 21.1. The number of carboxylic acid groups (broad SMARTS) is 1. The van der Waals surface area contributed by atoms with Crippen LogP contribution in [0.25, 0.3) is 21.2 Å². The molecule has 0 saturated heterocycles. The molecule has 0 spiro atoms. The minimum atomic E-state index is -0.934. The van der Waals surface area contributed by atoms with E-state index in [1.165, 1.54) is 22.3 Å². The maximum atomic E-state index is 14.8. The fourth-order valence-electron chi connectivity index (χ4n) is 6.08. The normalized spacial score (nSPS) is 16.8. The van der Waals surface area contributed by atoms with Crippen LogP contribution in [-0.2, 0) is 6.54 Å². The Bertz CT molecular complexity index is 1700. The number of nitrogen functional groups attached to an aromatic ring is 1. The smallest absolute Gasteiger partial charge is 0.407 e. The van der Waals surface area contributed by atoms with Gasteiger partial charge in [-0.2, -0.15) is 0 Å². The van der Waals surface area contributed by atoms with E-state index in [1.807, 2.05) is 49.9 Å². The van der Waals surface area contributed by atoms with Gasteiger partial charge in [-0.15, -0.1) is 11.3 Å². The number of hydrogen-bond acceptors (Lipinski definition) is 6. The lowest BCUT2D eigenvalue weighted by Gasteiger charge is -2.40. The molecule has 2 aromatic carbocycles. The number of rotatable bonds is 8. The number of nitrogens with two attached hydrogens (primary N) is 1. The first kappa shape index (κ1) is 32.5. The number of aromatic nitrogens is 1. The van der Waals surface area contributed by atoms with Crippen LogP contribution in [0.5, 0.6) is 5.75 Å². The Hall–Kier alpha value is -3.89. The molecule has 8 nitrogen and oxygen atoms in total. The van der Waals surface area contributed by atoms with Gasteiger partial charge in [-0.05, 0) is 94.3 Å². The highest BCUT2D eigenvalue weighted by Gasteiger charge is 2.35. The van der Waals surface area contributed by atoms with Crippen molar-refractivity contribution in [1.82, 2.24) is 14.8 Å². The van der Waals surface area contributed by atoms with Gasteiger partial charge in [0, 0.05) is 52.1 Å². The number of carbonyl (C=O) groups excluding carboxylic acids is 1. The van der Waals surface area contributed by atoms with Gasteiger partial charge in [-0.1, -0.05) is 23.7 Å². The largest absolute Gasteiger partial charge is 0.496 e. The van der Waals surface area contributed by atoms with Gasteiger partial charge in [0.15, 0.2) is 0 Å². The molecule has 0 atom stereocenters. The van der Waals surface area contributed by atoms with Crippen LogP contribution in [0.3, 0.4) is 0 Å². The molecule has 0 bridgehead atoms. The third kappa shape index (κ3) is 7.02. The molecule has 4 aromatic rings. The number of pyridine rings is 1. The number of halogens is 2. The van der Waals surface area contributed by atoms with E-state index in [9.17, 15) is 19.1 Å². The Kier molecular flexibility index (Phi) is 9.55. The van der Waals surface area contributed by atoms with Crippen LogP contribution in [0.2, 0.25) is 5.02 Å². The molecule has 0 aliphatic heterocycles. The van der Waals surface area contributed by atoms with Crippen LogP contribution in [-0.4, -0.2) is 57.1 Å². The van der Waals surface area contributed by atoms with Gasteiger partial charge >= 0.3 is 6.09 Å². The monoisotopic (exact) mass is 652 g/mol. The molecule has 1 aliphatic rings. The number of carbonyl (C=O) groups is 2. The first-order valence-corrected chi connectivity index (χ1v) is 16.1. The van der Waals surface area contributed by atoms with Crippen molar-refractivity contribution in [3.63, 3.8) is 0 Å². The number of fused-ring (bicyclic) bond motifs is 1. The second kappa shape index (κ2) is 13.2. The van der Waals surface area contributed by atoms with Crippen LogP contribution in [0.15, 0.2) is 54.7 Å². The SMILES string of the molecule is COc1ccc(-c2ccc(N)nc2)cc1CN(C(=O)c1sc2cccc(F)c2c1Cl)C1CCC(CN(C(=O)O)C(C)(C)C)CC1. The molecule has 0 unspecified atom stereocenters. The quantitative estimate of drug-likeness (QED) is 0.198. The number of ether oxygens (including phenoxy) is 1. The summed E-state index contributed by atoms with van der Waals surface area (Å²) in [7, 11) is 1.59. The van der Waals surface area contributed by atoms with Gasteiger partial charge in [0.2, 0.25) is 0 Å². The molecule has 2 aromatic heterocycles. The van der Waals surface area contributed by atoms with Gasteiger partial charge in [-0.3, -0.25) is 4.79 Å². The zero-order valence-electron chi connectivity index (χ0n) is 25.8. The number of benzene rings is 2. The molecule has 5 rings (SSSR count). The van der Waals surface area contributed by atoms with Crippen molar-refractivity contribution in [1.29, 1.82) is 0 Å². The minimum absolute atomic E-state index is 0.118. The molecule has 1 saturated carbocycles. The lowest BCUT2D eigenvalue weighted by Crippen LogP contribution is -2.48. The lowest BCUT2D eigenvalue weighted by atomic mass is 9.84. The van der Waals surface area contributed by atoms with Gasteiger partial charge in [0.1, 0.15) is 22.3 Å². The molecule has 1 fully saturated rings. The molecule has 3 N–H and O–H groups in total. The summed E-state index contributed by atoms with van der Waals surface area (Å²) in [5.41, 5.74) is 7.85. The Balaban J connectivity index is 1.48. The van der Waals surface area contributed by atoms with E-state index in [0.29, 0.717) is 40.5 Å². The highest BCUT2D eigenvalue weighted by Crippen LogP contribution is 2.40. The summed E-state index contributed by atoms with van der Waals surface area (Å²) in [6.07, 6.45) is 3.67. The number of hydrogen-bond donors (Lipinski definition) is 2. The third-order valence-electron chi connectivity index (χ3n) is 8.54. The van der Waals surface area contributed by atoms with E-state index in [2.05, 4.69) is 4.98 Å². The van der Waals surface area contributed by atoms with Crippen molar-refractivity contribution >= 4 is 50.8 Å². The molecule has 2 heterocycles. The van der Waals surface area contributed by atoms with E-state index in [-0.39, 0.29) is 34.8 Å². The predicted molar refractivity (Wildman–Crippen MR) is 178 cm³/mol. The second-order valence-electron chi connectivity index (χ2n) is 12.5.